The van der Waals surface area contributed by atoms with Gasteiger partial charge in [-0.1, -0.05) is 0 Å². The lowest BCUT2D eigenvalue weighted by atomic mass is 10.4. The predicted molar refractivity (Wildman–Crippen MR) is 41.1 cm³/mol. The van der Waals surface area contributed by atoms with E-state index in [0.717, 1.165) is 13.2 Å². The van der Waals surface area contributed by atoms with Crippen molar-refractivity contribution in [3.63, 3.8) is 0 Å². The average Bonchev–Trinajstić information content (AvgIpc) is 2.17. The van der Waals surface area contributed by atoms with Gasteiger partial charge in [0.1, 0.15) is 23.0 Å². The molecule has 0 atom stereocenters. The van der Waals surface area contributed by atoms with Crippen LogP contribution in [-0.4, -0.2) is 20.3 Å². The summed E-state index contributed by atoms with van der Waals surface area (Å²) >= 11 is 1.79. The monoisotopic (exact) mass is 230 g/mol. The van der Waals surface area contributed by atoms with E-state index >= 15 is 0 Å². The molecule has 0 unspecified atom stereocenters. The molecule has 0 aromatic heterocycles. The van der Waals surface area contributed by atoms with E-state index in [9.17, 15) is 0 Å². The van der Waals surface area contributed by atoms with Crippen molar-refractivity contribution >= 4 is 23.0 Å². The Bertz CT molecular complexity index is 29.8. The molecule has 0 aromatic rings. The van der Waals surface area contributed by atoms with Gasteiger partial charge in [-0.05, 0) is 12.8 Å². The lowest BCUT2D eigenvalue weighted by Gasteiger charge is -1.76. The summed E-state index contributed by atoms with van der Waals surface area (Å²) in [5, 5.41) is 0. The zero-order valence-electron chi connectivity index (χ0n) is 5.02. The molecule has 0 spiro atoms. The van der Waals surface area contributed by atoms with E-state index in [0.29, 0.717) is 0 Å². The molecule has 50 valence electrons. The third-order valence-electron chi connectivity index (χ3n) is 0.827. The van der Waals surface area contributed by atoms with Crippen LogP contribution in [0.4, 0.5) is 0 Å². The molecule has 0 radical (unpaired) electrons. The Morgan fingerprint density at radius 1 is 1.38 bits per heavy atom. The van der Waals surface area contributed by atoms with Crippen LogP contribution in [0.5, 0.6) is 0 Å². The van der Waals surface area contributed by atoms with Gasteiger partial charge in [0.25, 0.3) is 0 Å². The summed E-state index contributed by atoms with van der Waals surface area (Å²) in [5.41, 5.74) is 0. The molecule has 0 aliphatic carbocycles. The lowest BCUT2D eigenvalue weighted by molar-refractivity contribution is 0.198. The number of ether oxygens (including phenoxy) is 1. The van der Waals surface area contributed by atoms with Crippen molar-refractivity contribution < 1.29 is 7.80 Å². The average molecular weight is 230 g/mol. The molecule has 0 N–H and O–H groups in total. The van der Waals surface area contributed by atoms with E-state index < -0.39 is 0 Å². The van der Waals surface area contributed by atoms with Crippen molar-refractivity contribution in [1.82, 2.24) is 0 Å². The van der Waals surface area contributed by atoms with Crippen molar-refractivity contribution in [3.8, 4) is 0 Å². The smallest absolute Gasteiger partial charge is 0.109 e. The van der Waals surface area contributed by atoms with Crippen molar-refractivity contribution in [3.05, 3.63) is 0 Å². The molecule has 1 aliphatic rings. The normalized spacial score (nSPS) is 17.2. The maximum atomic E-state index is 4.94. The number of rotatable bonds is 0. The van der Waals surface area contributed by atoms with Crippen molar-refractivity contribution in [2.45, 2.75) is 12.8 Å². The zero-order valence-corrected chi connectivity index (χ0v) is 7.18. The molecule has 0 saturated carbocycles. The summed E-state index contributed by atoms with van der Waals surface area (Å²) in [5.74, 6) is 0. The standard InChI is InChI=1S/C4H8O.CH3IO/c1-2-4-5-3-1;1-3-2/h1-4H2;1H3. The Balaban J connectivity index is 0.000000145. The second-order valence-corrected chi connectivity index (χ2v) is 2.35. The quantitative estimate of drug-likeness (QED) is 0.590. The number of hydrogen-bond donors (Lipinski definition) is 0. The van der Waals surface area contributed by atoms with Crippen LogP contribution < -0.4 is 0 Å². The maximum Gasteiger partial charge on any atom is 0.109 e. The SMILES string of the molecule is C1CCOC1.COI. The lowest BCUT2D eigenvalue weighted by Crippen LogP contribution is -1.74. The Hall–Kier alpha value is 0.650. The van der Waals surface area contributed by atoms with Gasteiger partial charge in [-0.25, -0.2) is 0 Å². The summed E-state index contributed by atoms with van der Waals surface area (Å²) in [4.78, 5) is 0. The van der Waals surface area contributed by atoms with E-state index in [-0.39, 0.29) is 0 Å². The molecule has 0 bridgehead atoms. The van der Waals surface area contributed by atoms with Crippen LogP contribution >= 0.6 is 23.0 Å². The first-order valence-corrected chi connectivity index (χ1v) is 3.52. The van der Waals surface area contributed by atoms with Crippen LogP contribution in [0.3, 0.4) is 0 Å². The fraction of sp³-hybridized carbons (Fsp3) is 1.00. The highest BCUT2D eigenvalue weighted by molar-refractivity contribution is 14.1. The van der Waals surface area contributed by atoms with Gasteiger partial charge >= 0.3 is 0 Å². The molecule has 3 heteroatoms. The van der Waals surface area contributed by atoms with Gasteiger partial charge in [0.15, 0.2) is 0 Å². The van der Waals surface area contributed by atoms with Crippen LogP contribution in [0, 0.1) is 0 Å². The van der Waals surface area contributed by atoms with E-state index in [1.54, 1.807) is 30.1 Å². The molecule has 2 nitrogen and oxygen atoms in total. The molecular weight excluding hydrogens is 219 g/mol. The van der Waals surface area contributed by atoms with Gasteiger partial charge in [-0.15, -0.1) is 0 Å². The van der Waals surface area contributed by atoms with Crippen LogP contribution in [-0.2, 0) is 7.80 Å². The second kappa shape index (κ2) is 7.65. The van der Waals surface area contributed by atoms with Crippen LogP contribution in [0.1, 0.15) is 12.8 Å². The summed E-state index contributed by atoms with van der Waals surface area (Å²) < 4.78 is 9.16. The molecular formula is C5H11IO2. The molecule has 1 rings (SSSR count). The first kappa shape index (κ1) is 8.65. The Labute approximate surface area is 64.2 Å². The maximum absolute atomic E-state index is 4.94. The minimum atomic E-state index is 1.00. The Morgan fingerprint density at radius 2 is 1.75 bits per heavy atom. The fourth-order valence-electron chi connectivity index (χ4n) is 0.510. The summed E-state index contributed by atoms with van der Waals surface area (Å²) in [6.45, 7) is 2.00. The van der Waals surface area contributed by atoms with E-state index in [1.807, 2.05) is 0 Å². The Kier molecular flexibility index (Phi) is 8.27. The first-order chi connectivity index (χ1) is 3.91. The van der Waals surface area contributed by atoms with Crippen LogP contribution in [0.2, 0.25) is 0 Å². The highest BCUT2D eigenvalue weighted by atomic mass is 127. The molecule has 1 saturated heterocycles. The van der Waals surface area contributed by atoms with Gasteiger partial charge in [0.05, 0.1) is 0 Å². The van der Waals surface area contributed by atoms with Gasteiger partial charge in [-0.3, -0.25) is 0 Å². The van der Waals surface area contributed by atoms with Gasteiger partial charge in [0.2, 0.25) is 0 Å². The van der Waals surface area contributed by atoms with Gasteiger partial charge < -0.3 is 7.80 Å². The zero-order chi connectivity index (χ0) is 6.24. The highest BCUT2D eigenvalue weighted by Gasteiger charge is 1.94. The molecule has 8 heavy (non-hydrogen) atoms. The third kappa shape index (κ3) is 6.65. The van der Waals surface area contributed by atoms with Crippen molar-refractivity contribution in [2.24, 2.45) is 0 Å². The summed E-state index contributed by atoms with van der Waals surface area (Å²) in [6.07, 6.45) is 2.56. The van der Waals surface area contributed by atoms with Gasteiger partial charge in [0, 0.05) is 20.3 Å². The molecule has 0 amide bonds. The van der Waals surface area contributed by atoms with Gasteiger partial charge in [-0.2, -0.15) is 0 Å². The molecule has 1 fully saturated rings. The second-order valence-electron chi connectivity index (χ2n) is 1.47. The third-order valence-corrected chi connectivity index (χ3v) is 0.827. The van der Waals surface area contributed by atoms with Crippen LogP contribution in [0.15, 0.2) is 0 Å². The highest BCUT2D eigenvalue weighted by Crippen LogP contribution is 1.98. The number of hydrogen-bond acceptors (Lipinski definition) is 2. The van der Waals surface area contributed by atoms with Crippen molar-refractivity contribution in [2.75, 3.05) is 20.3 Å². The Morgan fingerprint density at radius 3 is 1.88 bits per heavy atom. The van der Waals surface area contributed by atoms with Crippen LogP contribution in [0.25, 0.3) is 0 Å². The minimum Gasteiger partial charge on any atom is -0.381 e. The molecule has 1 aliphatic heterocycles. The summed E-state index contributed by atoms with van der Waals surface area (Å²) in [7, 11) is 1.61. The molecule has 1 heterocycles. The molecule has 0 aromatic carbocycles. The first-order valence-electron chi connectivity index (χ1n) is 2.64. The summed E-state index contributed by atoms with van der Waals surface area (Å²) in [6, 6.07) is 0. The fourth-order valence-corrected chi connectivity index (χ4v) is 0.510. The largest absolute Gasteiger partial charge is 0.381 e. The van der Waals surface area contributed by atoms with E-state index in [4.69, 9.17) is 4.74 Å². The minimum absolute atomic E-state index is 1.00. The van der Waals surface area contributed by atoms with E-state index in [1.165, 1.54) is 12.8 Å². The predicted octanol–water partition coefficient (Wildman–Crippen LogP) is 1.78. The number of halogens is 1. The van der Waals surface area contributed by atoms with Crippen molar-refractivity contribution in [1.29, 1.82) is 0 Å². The van der Waals surface area contributed by atoms with E-state index in [2.05, 4.69) is 3.07 Å². The topological polar surface area (TPSA) is 18.5 Å².